The zero-order valence-electron chi connectivity index (χ0n) is 9.67. The quantitative estimate of drug-likeness (QED) is 0.872. The number of aliphatic hydroxyl groups is 1. The Balaban J connectivity index is 2.41. The Hall–Kier alpha value is -2.01. The van der Waals surface area contributed by atoms with Crippen LogP contribution in [0.15, 0.2) is 30.3 Å². The van der Waals surface area contributed by atoms with E-state index in [0.29, 0.717) is 0 Å². The minimum absolute atomic E-state index is 0.225. The second kappa shape index (κ2) is 4.70. The Morgan fingerprint density at radius 1 is 1.33 bits per heavy atom. The predicted molar refractivity (Wildman–Crippen MR) is 64.0 cm³/mol. The topological polar surface area (TPSA) is 70.4 Å². The van der Waals surface area contributed by atoms with Crippen molar-refractivity contribution in [2.45, 2.75) is 19.2 Å². The van der Waals surface area contributed by atoms with E-state index in [4.69, 9.17) is 5.11 Å². The van der Waals surface area contributed by atoms with Crippen molar-refractivity contribution in [1.29, 1.82) is 0 Å². The van der Waals surface area contributed by atoms with Crippen LogP contribution < -0.4 is 0 Å². The first kappa shape index (κ1) is 12.4. The summed E-state index contributed by atoms with van der Waals surface area (Å²) >= 11 is 0. The molecule has 0 saturated carbocycles. The van der Waals surface area contributed by atoms with E-state index in [0.717, 1.165) is 16.6 Å². The molecular weight excluding hydrogens is 237 g/mol. The molecule has 94 valence electrons. The van der Waals surface area contributed by atoms with Crippen LogP contribution in [0, 0.1) is 6.92 Å². The summed E-state index contributed by atoms with van der Waals surface area (Å²) < 4.78 is 13.2. The summed E-state index contributed by atoms with van der Waals surface area (Å²) in [5.74, 6) is -1.68. The number of benzene rings is 1. The second-order valence-electron chi connectivity index (χ2n) is 4.09. The van der Waals surface area contributed by atoms with Gasteiger partial charge in [-0.05, 0) is 30.7 Å². The van der Waals surface area contributed by atoms with Crippen LogP contribution in [0.2, 0.25) is 0 Å². The van der Waals surface area contributed by atoms with E-state index in [1.165, 1.54) is 6.07 Å². The maximum Gasteiger partial charge on any atom is 0.341 e. The molecule has 2 aromatic rings. The number of hydrogen-bond acceptors (Lipinski definition) is 3. The Morgan fingerprint density at radius 2 is 2.06 bits per heavy atom. The molecule has 2 unspecified atom stereocenters. The van der Waals surface area contributed by atoms with Gasteiger partial charge in [-0.15, -0.1) is 0 Å². The number of aliphatic hydroxyl groups excluding tert-OH is 1. The van der Waals surface area contributed by atoms with Crippen molar-refractivity contribution >= 4 is 16.9 Å². The van der Waals surface area contributed by atoms with Gasteiger partial charge in [0.1, 0.15) is 6.10 Å². The molecule has 18 heavy (non-hydrogen) atoms. The molecule has 2 atom stereocenters. The normalized spacial score (nSPS) is 14.4. The van der Waals surface area contributed by atoms with Crippen molar-refractivity contribution < 1.29 is 19.4 Å². The molecule has 0 fully saturated rings. The first-order valence-corrected chi connectivity index (χ1v) is 5.41. The predicted octanol–water partition coefficient (Wildman–Crippen LogP) is 2.00. The molecule has 2 N–H and O–H groups in total. The van der Waals surface area contributed by atoms with Crippen LogP contribution >= 0.6 is 0 Å². The number of carbonyl (C=O) groups is 1. The first-order valence-electron chi connectivity index (χ1n) is 5.41. The summed E-state index contributed by atoms with van der Waals surface area (Å²) in [6.07, 6.45) is -4.01. The Morgan fingerprint density at radius 3 is 2.72 bits per heavy atom. The van der Waals surface area contributed by atoms with Gasteiger partial charge in [-0.1, -0.05) is 12.1 Å². The van der Waals surface area contributed by atoms with Gasteiger partial charge >= 0.3 is 5.97 Å². The van der Waals surface area contributed by atoms with Crippen LogP contribution in [-0.4, -0.2) is 27.3 Å². The standard InChI is InChI=1S/C13H12FNO3/c1-7-2-3-8-6-9(4-5-10(8)15-7)12(16)11(14)13(17)18/h2-6,11-12,16H,1H3,(H,17,18). The van der Waals surface area contributed by atoms with Gasteiger partial charge in [0.2, 0.25) is 6.17 Å². The highest BCUT2D eigenvalue weighted by Crippen LogP contribution is 2.23. The van der Waals surface area contributed by atoms with Gasteiger partial charge in [0, 0.05) is 11.1 Å². The fourth-order valence-electron chi connectivity index (χ4n) is 1.73. The summed E-state index contributed by atoms with van der Waals surface area (Å²) in [7, 11) is 0. The lowest BCUT2D eigenvalue weighted by molar-refractivity contribution is -0.147. The summed E-state index contributed by atoms with van der Waals surface area (Å²) in [5, 5.41) is 18.8. The zero-order chi connectivity index (χ0) is 13.3. The van der Waals surface area contributed by atoms with Gasteiger partial charge in [0.05, 0.1) is 5.52 Å². The third-order valence-corrected chi connectivity index (χ3v) is 2.71. The lowest BCUT2D eigenvalue weighted by Gasteiger charge is -2.13. The third-order valence-electron chi connectivity index (χ3n) is 2.71. The van der Waals surface area contributed by atoms with E-state index >= 15 is 0 Å². The highest BCUT2D eigenvalue weighted by Gasteiger charge is 2.27. The Bertz CT molecular complexity index is 600. The van der Waals surface area contributed by atoms with Crippen molar-refractivity contribution in [3.05, 3.63) is 41.6 Å². The van der Waals surface area contributed by atoms with Crippen LogP contribution in [0.4, 0.5) is 4.39 Å². The maximum atomic E-state index is 13.2. The maximum absolute atomic E-state index is 13.2. The number of alkyl halides is 1. The van der Waals surface area contributed by atoms with Crippen molar-refractivity contribution in [3.8, 4) is 0 Å². The molecule has 0 radical (unpaired) electrons. The number of pyridine rings is 1. The van der Waals surface area contributed by atoms with Gasteiger partial charge < -0.3 is 10.2 Å². The smallest absolute Gasteiger partial charge is 0.341 e. The van der Waals surface area contributed by atoms with Crippen molar-refractivity contribution in [3.63, 3.8) is 0 Å². The largest absolute Gasteiger partial charge is 0.479 e. The van der Waals surface area contributed by atoms with E-state index in [-0.39, 0.29) is 5.56 Å². The lowest BCUT2D eigenvalue weighted by atomic mass is 10.0. The fourth-order valence-corrected chi connectivity index (χ4v) is 1.73. The number of aryl methyl sites for hydroxylation is 1. The van der Waals surface area contributed by atoms with Crippen LogP contribution in [0.3, 0.4) is 0 Å². The monoisotopic (exact) mass is 249 g/mol. The molecule has 1 aromatic carbocycles. The minimum atomic E-state index is -2.33. The summed E-state index contributed by atoms with van der Waals surface area (Å²) in [4.78, 5) is 14.7. The number of halogens is 1. The van der Waals surface area contributed by atoms with Crippen LogP contribution in [0.1, 0.15) is 17.4 Å². The van der Waals surface area contributed by atoms with E-state index in [1.54, 1.807) is 24.3 Å². The third kappa shape index (κ3) is 2.31. The molecule has 0 aliphatic heterocycles. The van der Waals surface area contributed by atoms with E-state index in [2.05, 4.69) is 4.98 Å². The molecule has 4 nitrogen and oxygen atoms in total. The average molecular weight is 249 g/mol. The molecule has 2 rings (SSSR count). The zero-order valence-corrected chi connectivity index (χ0v) is 9.67. The van der Waals surface area contributed by atoms with Gasteiger partial charge in [0.15, 0.2) is 0 Å². The molecule has 0 amide bonds. The molecule has 1 heterocycles. The first-order chi connectivity index (χ1) is 8.49. The van der Waals surface area contributed by atoms with Crippen LogP contribution in [-0.2, 0) is 4.79 Å². The van der Waals surface area contributed by atoms with E-state index in [9.17, 15) is 14.3 Å². The number of rotatable bonds is 3. The minimum Gasteiger partial charge on any atom is -0.479 e. The number of carboxylic acids is 1. The van der Waals surface area contributed by atoms with Gasteiger partial charge in [0.25, 0.3) is 0 Å². The number of aromatic nitrogens is 1. The van der Waals surface area contributed by atoms with Gasteiger partial charge in [-0.2, -0.15) is 0 Å². The summed E-state index contributed by atoms with van der Waals surface area (Å²) in [6, 6.07) is 8.25. The molecule has 0 bridgehead atoms. The molecule has 0 saturated heterocycles. The Labute approximate surface area is 103 Å². The van der Waals surface area contributed by atoms with Crippen LogP contribution in [0.5, 0.6) is 0 Å². The lowest BCUT2D eigenvalue weighted by Crippen LogP contribution is -2.23. The number of hydrogen-bond donors (Lipinski definition) is 2. The van der Waals surface area contributed by atoms with Crippen molar-refractivity contribution in [2.24, 2.45) is 0 Å². The number of nitrogens with zero attached hydrogens (tertiary/aromatic N) is 1. The summed E-state index contributed by atoms with van der Waals surface area (Å²) in [6.45, 7) is 1.85. The average Bonchev–Trinajstić information content (AvgIpc) is 2.36. The molecule has 1 aromatic heterocycles. The molecular formula is C13H12FNO3. The molecule has 5 heteroatoms. The van der Waals surface area contributed by atoms with E-state index in [1.807, 2.05) is 6.92 Å². The second-order valence-corrected chi connectivity index (χ2v) is 4.09. The highest BCUT2D eigenvalue weighted by molar-refractivity contribution is 5.80. The summed E-state index contributed by atoms with van der Waals surface area (Å²) in [5.41, 5.74) is 1.80. The highest BCUT2D eigenvalue weighted by atomic mass is 19.1. The molecule has 0 spiro atoms. The van der Waals surface area contributed by atoms with E-state index < -0.39 is 18.2 Å². The molecule has 0 aliphatic rings. The number of carboxylic acid groups (broad SMARTS) is 1. The SMILES string of the molecule is Cc1ccc2cc(C(O)C(F)C(=O)O)ccc2n1. The van der Waals surface area contributed by atoms with Gasteiger partial charge in [-0.25, -0.2) is 9.18 Å². The van der Waals surface area contributed by atoms with Crippen molar-refractivity contribution in [2.75, 3.05) is 0 Å². The number of aliphatic carboxylic acids is 1. The van der Waals surface area contributed by atoms with Crippen LogP contribution in [0.25, 0.3) is 10.9 Å². The Kier molecular flexibility index (Phi) is 3.25. The fraction of sp³-hybridized carbons (Fsp3) is 0.231. The van der Waals surface area contributed by atoms with Crippen molar-refractivity contribution in [1.82, 2.24) is 4.98 Å². The van der Waals surface area contributed by atoms with Gasteiger partial charge in [-0.3, -0.25) is 4.98 Å². The molecule has 0 aliphatic carbocycles. The number of fused-ring (bicyclic) bond motifs is 1.